The van der Waals surface area contributed by atoms with E-state index in [4.69, 9.17) is 4.42 Å². The van der Waals surface area contributed by atoms with Crippen LogP contribution in [0.4, 0.5) is 0 Å². The van der Waals surface area contributed by atoms with Gasteiger partial charge >= 0.3 is 0 Å². The van der Waals surface area contributed by atoms with Crippen LogP contribution in [0.15, 0.2) is 28.7 Å². The summed E-state index contributed by atoms with van der Waals surface area (Å²) in [6.45, 7) is 1.60. The summed E-state index contributed by atoms with van der Waals surface area (Å²) in [4.78, 5) is 0. The molecule has 0 fully saturated rings. The molecular weight excluding hydrogens is 228 g/mol. The quantitative estimate of drug-likeness (QED) is 0.891. The minimum absolute atomic E-state index is 0.0926. The van der Waals surface area contributed by atoms with Crippen LogP contribution in [-0.2, 0) is 15.6 Å². The van der Waals surface area contributed by atoms with Gasteiger partial charge in [-0.2, -0.15) is 0 Å². The van der Waals surface area contributed by atoms with Crippen molar-refractivity contribution < 1.29 is 17.9 Å². The van der Waals surface area contributed by atoms with Crippen LogP contribution >= 0.6 is 0 Å². The first-order valence-electron chi connectivity index (χ1n) is 4.92. The summed E-state index contributed by atoms with van der Waals surface area (Å²) in [6, 6.07) is 6.38. The second kappa shape index (κ2) is 3.83. The monoisotopic (exact) mass is 240 g/mol. The predicted molar refractivity (Wildman–Crippen MR) is 61.0 cm³/mol. The third-order valence-electron chi connectivity index (χ3n) is 2.36. The Morgan fingerprint density at radius 1 is 1.31 bits per heavy atom. The van der Waals surface area contributed by atoms with Gasteiger partial charge in [-0.15, -0.1) is 0 Å². The molecule has 0 unspecified atom stereocenters. The Balaban J connectivity index is 2.40. The Morgan fingerprint density at radius 3 is 2.75 bits per heavy atom. The molecule has 4 nitrogen and oxygen atoms in total. The highest BCUT2D eigenvalue weighted by Gasteiger charge is 2.13. The summed E-state index contributed by atoms with van der Waals surface area (Å²) in [6.07, 6.45) is 0. The van der Waals surface area contributed by atoms with E-state index in [0.29, 0.717) is 11.3 Å². The van der Waals surface area contributed by atoms with Crippen LogP contribution in [-0.4, -0.2) is 19.3 Å². The highest BCUT2D eigenvalue weighted by atomic mass is 32.2. The van der Waals surface area contributed by atoms with Crippen molar-refractivity contribution in [3.8, 4) is 5.75 Å². The van der Waals surface area contributed by atoms with Crippen molar-refractivity contribution in [1.82, 2.24) is 0 Å². The molecule has 0 saturated carbocycles. The third kappa shape index (κ3) is 2.19. The predicted octanol–water partition coefficient (Wildman–Crippen LogP) is 2.07. The van der Waals surface area contributed by atoms with Gasteiger partial charge in [-0.1, -0.05) is 6.92 Å². The number of sulfone groups is 1. The van der Waals surface area contributed by atoms with E-state index >= 15 is 0 Å². The number of benzene rings is 1. The molecule has 0 bridgehead atoms. The molecule has 16 heavy (non-hydrogen) atoms. The third-order valence-corrected chi connectivity index (χ3v) is 3.96. The van der Waals surface area contributed by atoms with Gasteiger partial charge in [0.15, 0.2) is 9.84 Å². The molecule has 0 spiro atoms. The molecule has 1 heterocycles. The van der Waals surface area contributed by atoms with Crippen molar-refractivity contribution in [1.29, 1.82) is 0 Å². The summed E-state index contributed by atoms with van der Waals surface area (Å²) in [7, 11) is -3.09. The van der Waals surface area contributed by atoms with Gasteiger partial charge in [0.2, 0.25) is 0 Å². The Kier molecular flexibility index (Phi) is 2.63. The van der Waals surface area contributed by atoms with Crippen molar-refractivity contribution in [3.05, 3.63) is 30.0 Å². The molecule has 0 aliphatic carbocycles. The maximum Gasteiger partial charge on any atom is 0.157 e. The lowest BCUT2D eigenvalue weighted by Crippen LogP contribution is -2.05. The molecule has 0 aliphatic heterocycles. The minimum atomic E-state index is -3.09. The molecular formula is C11H12O4S. The zero-order valence-electron chi connectivity index (χ0n) is 8.80. The van der Waals surface area contributed by atoms with Crippen LogP contribution in [0.2, 0.25) is 0 Å². The highest BCUT2D eigenvalue weighted by molar-refractivity contribution is 7.90. The summed E-state index contributed by atoms with van der Waals surface area (Å²) in [5, 5.41) is 10.0. The lowest BCUT2D eigenvalue weighted by molar-refractivity contribution is 0.474. The van der Waals surface area contributed by atoms with Crippen molar-refractivity contribution in [2.45, 2.75) is 12.7 Å². The first kappa shape index (κ1) is 11.0. The number of furan rings is 1. The molecule has 0 aliphatic rings. The Morgan fingerprint density at radius 2 is 2.06 bits per heavy atom. The Hall–Kier alpha value is -1.49. The summed E-state index contributed by atoms with van der Waals surface area (Å²) < 4.78 is 28.2. The van der Waals surface area contributed by atoms with Crippen LogP contribution in [0.25, 0.3) is 11.0 Å². The van der Waals surface area contributed by atoms with Gasteiger partial charge in [0, 0.05) is 17.2 Å². The smallest absolute Gasteiger partial charge is 0.157 e. The number of hydrogen-bond acceptors (Lipinski definition) is 4. The van der Waals surface area contributed by atoms with E-state index in [-0.39, 0.29) is 17.3 Å². The fraction of sp³-hybridized carbons (Fsp3) is 0.273. The van der Waals surface area contributed by atoms with Crippen LogP contribution in [0.5, 0.6) is 5.75 Å². The van der Waals surface area contributed by atoms with E-state index in [0.717, 1.165) is 5.39 Å². The van der Waals surface area contributed by atoms with Gasteiger partial charge in [-0.05, 0) is 18.2 Å². The number of fused-ring (bicyclic) bond motifs is 1. The fourth-order valence-corrected chi connectivity index (χ4v) is 2.24. The number of phenolic OH excluding ortho intramolecular Hbond substituents is 1. The molecule has 0 saturated heterocycles. The normalized spacial score (nSPS) is 12.1. The van der Waals surface area contributed by atoms with Crippen molar-refractivity contribution in [3.63, 3.8) is 0 Å². The van der Waals surface area contributed by atoms with E-state index < -0.39 is 9.84 Å². The first-order chi connectivity index (χ1) is 7.50. The first-order valence-corrected chi connectivity index (χ1v) is 6.74. The van der Waals surface area contributed by atoms with Crippen molar-refractivity contribution >= 4 is 20.8 Å². The maximum atomic E-state index is 11.4. The van der Waals surface area contributed by atoms with Crippen LogP contribution in [0, 0.1) is 0 Å². The van der Waals surface area contributed by atoms with E-state index in [1.165, 1.54) is 12.1 Å². The second-order valence-electron chi connectivity index (χ2n) is 3.61. The zero-order valence-corrected chi connectivity index (χ0v) is 9.62. The van der Waals surface area contributed by atoms with Gasteiger partial charge in [-0.3, -0.25) is 0 Å². The van der Waals surface area contributed by atoms with Crippen molar-refractivity contribution in [2.24, 2.45) is 0 Å². The average Bonchev–Trinajstić information content (AvgIpc) is 2.58. The topological polar surface area (TPSA) is 67.5 Å². The van der Waals surface area contributed by atoms with E-state index in [2.05, 4.69) is 0 Å². The van der Waals surface area contributed by atoms with Crippen molar-refractivity contribution in [2.75, 3.05) is 5.75 Å². The molecule has 1 aromatic carbocycles. The summed E-state index contributed by atoms with van der Waals surface area (Å²) in [5.74, 6) is 0.503. The standard InChI is InChI=1S/C11H12O4S/c1-2-16(13,14)7-10-5-8-3-4-9(12)6-11(8)15-10/h3-6,12H,2,7H2,1H3. The summed E-state index contributed by atoms with van der Waals surface area (Å²) in [5.41, 5.74) is 0.501. The van der Waals surface area contributed by atoms with Gasteiger partial charge in [-0.25, -0.2) is 8.42 Å². The summed E-state index contributed by atoms with van der Waals surface area (Å²) >= 11 is 0. The molecule has 2 rings (SSSR count). The Labute approximate surface area is 93.4 Å². The number of phenols is 1. The van der Waals surface area contributed by atoms with Gasteiger partial charge in [0.05, 0.1) is 0 Å². The highest BCUT2D eigenvalue weighted by Crippen LogP contribution is 2.24. The fourth-order valence-electron chi connectivity index (χ4n) is 1.46. The van der Waals surface area contributed by atoms with Gasteiger partial charge in [0.25, 0.3) is 0 Å². The van der Waals surface area contributed by atoms with Crippen LogP contribution in [0.1, 0.15) is 12.7 Å². The number of hydrogen-bond donors (Lipinski definition) is 1. The molecule has 0 radical (unpaired) electrons. The minimum Gasteiger partial charge on any atom is -0.508 e. The lowest BCUT2D eigenvalue weighted by atomic mass is 10.2. The zero-order chi connectivity index (χ0) is 11.8. The molecule has 1 aromatic heterocycles. The molecule has 0 amide bonds. The number of rotatable bonds is 3. The maximum absolute atomic E-state index is 11.4. The van der Waals surface area contributed by atoms with E-state index in [9.17, 15) is 13.5 Å². The molecule has 1 N–H and O–H groups in total. The Bertz CT molecular complexity index is 610. The molecule has 2 aromatic rings. The molecule has 5 heteroatoms. The van der Waals surface area contributed by atoms with E-state index in [1.807, 2.05) is 0 Å². The van der Waals surface area contributed by atoms with Crippen LogP contribution in [0.3, 0.4) is 0 Å². The molecule has 0 atom stereocenters. The lowest BCUT2D eigenvalue weighted by Gasteiger charge is -1.95. The largest absolute Gasteiger partial charge is 0.508 e. The van der Waals surface area contributed by atoms with Gasteiger partial charge in [0.1, 0.15) is 22.8 Å². The SMILES string of the molecule is CCS(=O)(=O)Cc1cc2ccc(O)cc2o1. The molecule has 86 valence electrons. The van der Waals surface area contributed by atoms with E-state index in [1.54, 1.807) is 19.1 Å². The van der Waals surface area contributed by atoms with Gasteiger partial charge < -0.3 is 9.52 Å². The van der Waals surface area contributed by atoms with Crippen LogP contribution < -0.4 is 0 Å². The average molecular weight is 240 g/mol. The second-order valence-corrected chi connectivity index (χ2v) is 5.96. The number of aromatic hydroxyl groups is 1.